The smallest absolute Gasteiger partial charge is 0.241 e. The lowest BCUT2D eigenvalue weighted by Crippen LogP contribution is -2.23. The van der Waals surface area contributed by atoms with Crippen LogP contribution in [0.3, 0.4) is 0 Å². The number of hydrogen-bond donors (Lipinski definition) is 1. The molecule has 0 aromatic carbocycles. The third-order valence-electron chi connectivity index (χ3n) is 1.85. The number of nitrogens with zero attached hydrogens (tertiary/aromatic N) is 2. The van der Waals surface area contributed by atoms with Gasteiger partial charge in [-0.15, -0.1) is 0 Å². The van der Waals surface area contributed by atoms with Gasteiger partial charge >= 0.3 is 0 Å². The Morgan fingerprint density at radius 3 is 2.42 bits per heavy atom. The molecule has 0 aliphatic heterocycles. The van der Waals surface area contributed by atoms with Gasteiger partial charge < -0.3 is 4.74 Å². The first kappa shape index (κ1) is 15.9. The van der Waals surface area contributed by atoms with E-state index in [1.807, 2.05) is 4.72 Å². The quantitative estimate of drug-likeness (QED) is 0.726. The van der Waals surface area contributed by atoms with E-state index < -0.39 is 31.4 Å². The van der Waals surface area contributed by atoms with Crippen LogP contribution < -0.4 is 9.46 Å². The molecule has 0 radical (unpaired) electrons. The molecule has 0 fully saturated rings. The maximum atomic E-state index is 11.6. The molecule has 1 aromatic heterocycles. The van der Waals surface area contributed by atoms with E-state index in [1.54, 1.807) is 0 Å². The molecular weight excluding hydrogens is 318 g/mol. The molecule has 0 atom stereocenters. The van der Waals surface area contributed by atoms with Crippen molar-refractivity contribution in [1.82, 2.24) is 9.97 Å². The first-order chi connectivity index (χ1) is 8.61. The van der Waals surface area contributed by atoms with Gasteiger partial charge in [0.05, 0.1) is 18.6 Å². The Bertz CT molecular complexity index is 659. The summed E-state index contributed by atoms with van der Waals surface area (Å²) in [6.45, 7) is 0. The monoisotopic (exact) mass is 329 g/mol. The van der Waals surface area contributed by atoms with Crippen molar-refractivity contribution in [2.45, 2.75) is 0 Å². The summed E-state index contributed by atoms with van der Waals surface area (Å²) >= 11 is 5.65. The number of sulfonamides is 1. The summed E-state index contributed by atoms with van der Waals surface area (Å²) in [6.07, 6.45) is 0.946. The lowest BCUT2D eigenvalue weighted by molar-refractivity contribution is 0.397. The Morgan fingerprint density at radius 2 is 1.89 bits per heavy atom. The number of anilines is 1. The Kier molecular flexibility index (Phi) is 4.93. The minimum atomic E-state index is -3.88. The van der Waals surface area contributed by atoms with E-state index in [0.29, 0.717) is 0 Å². The van der Waals surface area contributed by atoms with E-state index in [-0.39, 0.29) is 17.0 Å². The lowest BCUT2D eigenvalue weighted by Gasteiger charge is -2.07. The largest absolute Gasteiger partial charge is 0.481 e. The topological polar surface area (TPSA) is 115 Å². The molecule has 19 heavy (non-hydrogen) atoms. The van der Waals surface area contributed by atoms with Crippen molar-refractivity contribution in [3.63, 3.8) is 0 Å². The van der Waals surface area contributed by atoms with Gasteiger partial charge in [0, 0.05) is 12.3 Å². The molecule has 0 aliphatic carbocycles. The van der Waals surface area contributed by atoms with Crippen LogP contribution in [0.15, 0.2) is 6.07 Å². The SMILES string of the molecule is COc1cc(Cl)nc(NS(=O)(=O)CCS(C)(=O)=O)n1. The highest BCUT2D eigenvalue weighted by Gasteiger charge is 2.16. The second-order valence-corrected chi connectivity index (χ2v) is 8.10. The summed E-state index contributed by atoms with van der Waals surface area (Å²) in [5, 5.41) is -0.00679. The van der Waals surface area contributed by atoms with Crippen LogP contribution in [-0.2, 0) is 19.9 Å². The minimum absolute atomic E-state index is 0.00679. The molecule has 0 amide bonds. The highest BCUT2D eigenvalue weighted by atomic mass is 35.5. The van der Waals surface area contributed by atoms with Crippen molar-refractivity contribution in [2.24, 2.45) is 0 Å². The van der Waals surface area contributed by atoms with Gasteiger partial charge in [0.15, 0.2) is 0 Å². The average molecular weight is 330 g/mol. The number of nitrogens with one attached hydrogen (secondary N) is 1. The predicted molar refractivity (Wildman–Crippen MR) is 70.7 cm³/mol. The van der Waals surface area contributed by atoms with Gasteiger partial charge in [0.1, 0.15) is 15.0 Å². The van der Waals surface area contributed by atoms with E-state index in [1.165, 1.54) is 13.2 Å². The van der Waals surface area contributed by atoms with Crippen LogP contribution in [-0.4, -0.2) is 51.7 Å². The van der Waals surface area contributed by atoms with Gasteiger partial charge in [-0.1, -0.05) is 11.6 Å². The van der Waals surface area contributed by atoms with Gasteiger partial charge in [-0.2, -0.15) is 4.98 Å². The predicted octanol–water partition coefficient (Wildman–Crippen LogP) is -0.0751. The molecule has 0 saturated heterocycles. The maximum absolute atomic E-state index is 11.6. The molecule has 108 valence electrons. The van der Waals surface area contributed by atoms with Crippen LogP contribution >= 0.6 is 11.6 Å². The Morgan fingerprint density at radius 1 is 1.26 bits per heavy atom. The molecule has 1 rings (SSSR count). The van der Waals surface area contributed by atoms with Gasteiger partial charge in [0.25, 0.3) is 0 Å². The molecule has 1 heterocycles. The Balaban J connectivity index is 2.86. The summed E-state index contributed by atoms with van der Waals surface area (Å²) < 4.78 is 51.9. The fraction of sp³-hybridized carbons (Fsp3) is 0.500. The Labute approximate surface area is 116 Å². The summed E-state index contributed by atoms with van der Waals surface area (Å²) in [5.41, 5.74) is 0. The maximum Gasteiger partial charge on any atom is 0.241 e. The van der Waals surface area contributed by atoms with Gasteiger partial charge in [0.2, 0.25) is 21.9 Å². The summed E-state index contributed by atoms with van der Waals surface area (Å²) in [7, 11) is -5.93. The van der Waals surface area contributed by atoms with E-state index in [0.717, 1.165) is 6.26 Å². The zero-order chi connectivity index (χ0) is 14.7. The zero-order valence-electron chi connectivity index (χ0n) is 10.1. The number of hydrogen-bond acceptors (Lipinski definition) is 7. The van der Waals surface area contributed by atoms with E-state index in [4.69, 9.17) is 16.3 Å². The summed E-state index contributed by atoms with van der Waals surface area (Å²) in [4.78, 5) is 7.37. The fourth-order valence-electron chi connectivity index (χ4n) is 0.998. The summed E-state index contributed by atoms with van der Waals surface area (Å²) in [6, 6.07) is 1.30. The van der Waals surface area contributed by atoms with Crippen molar-refractivity contribution >= 4 is 37.4 Å². The number of aromatic nitrogens is 2. The van der Waals surface area contributed by atoms with E-state index in [9.17, 15) is 16.8 Å². The van der Waals surface area contributed by atoms with Crippen LogP contribution in [0.5, 0.6) is 5.88 Å². The highest BCUT2D eigenvalue weighted by Crippen LogP contribution is 2.16. The molecule has 11 heteroatoms. The third kappa shape index (κ3) is 6.03. The molecular formula is C8H12ClN3O5S2. The average Bonchev–Trinajstić information content (AvgIpc) is 2.24. The van der Waals surface area contributed by atoms with Gasteiger partial charge in [-0.05, 0) is 0 Å². The molecule has 0 bridgehead atoms. The molecule has 0 aliphatic rings. The van der Waals surface area contributed by atoms with Crippen LogP contribution in [0, 0.1) is 0 Å². The van der Waals surface area contributed by atoms with Crippen LogP contribution in [0.4, 0.5) is 5.95 Å². The van der Waals surface area contributed by atoms with Crippen molar-refractivity contribution in [1.29, 1.82) is 0 Å². The van der Waals surface area contributed by atoms with E-state index >= 15 is 0 Å². The van der Waals surface area contributed by atoms with Gasteiger partial charge in [-0.3, -0.25) is 4.72 Å². The lowest BCUT2D eigenvalue weighted by atomic mass is 10.6. The number of rotatable bonds is 6. The van der Waals surface area contributed by atoms with E-state index in [2.05, 4.69) is 9.97 Å². The number of halogens is 1. The van der Waals surface area contributed by atoms with Crippen LogP contribution in [0.25, 0.3) is 0 Å². The van der Waals surface area contributed by atoms with Crippen LogP contribution in [0.1, 0.15) is 0 Å². The minimum Gasteiger partial charge on any atom is -0.481 e. The van der Waals surface area contributed by atoms with Crippen LogP contribution in [0.2, 0.25) is 5.15 Å². The summed E-state index contributed by atoms with van der Waals surface area (Å²) in [5.74, 6) is -1.29. The Hall–Kier alpha value is -1.13. The fourth-order valence-corrected chi connectivity index (χ4v) is 3.73. The molecule has 1 N–H and O–H groups in total. The highest BCUT2D eigenvalue weighted by molar-refractivity contribution is 7.95. The van der Waals surface area contributed by atoms with Crippen molar-refractivity contribution < 1.29 is 21.6 Å². The van der Waals surface area contributed by atoms with Crippen molar-refractivity contribution in [3.8, 4) is 5.88 Å². The normalized spacial score (nSPS) is 12.2. The zero-order valence-corrected chi connectivity index (χ0v) is 12.5. The third-order valence-corrected chi connectivity index (χ3v) is 4.48. The van der Waals surface area contributed by atoms with Gasteiger partial charge in [-0.25, -0.2) is 21.8 Å². The molecule has 0 spiro atoms. The number of ether oxygens (including phenoxy) is 1. The second-order valence-electron chi connectivity index (χ2n) is 3.61. The standard InChI is InChI=1S/C8H12ClN3O5S2/c1-17-7-5-6(9)10-8(11-7)12-19(15,16)4-3-18(2,13)14/h5H,3-4H2,1-2H3,(H,10,11,12). The van der Waals surface area contributed by atoms with Crippen molar-refractivity contribution in [2.75, 3.05) is 29.6 Å². The molecule has 0 saturated carbocycles. The molecule has 8 nitrogen and oxygen atoms in total. The first-order valence-electron chi connectivity index (χ1n) is 4.88. The second kappa shape index (κ2) is 5.88. The number of sulfone groups is 1. The first-order valence-corrected chi connectivity index (χ1v) is 8.97. The molecule has 0 unspecified atom stereocenters. The van der Waals surface area contributed by atoms with Crippen molar-refractivity contribution in [3.05, 3.63) is 11.2 Å². The molecule has 1 aromatic rings. The number of methoxy groups -OCH3 is 1.